The van der Waals surface area contributed by atoms with Crippen LogP contribution >= 0.6 is 0 Å². The van der Waals surface area contributed by atoms with Gasteiger partial charge in [0.2, 0.25) is 0 Å². The minimum absolute atomic E-state index is 0.0582. The summed E-state index contributed by atoms with van der Waals surface area (Å²) in [5.74, 6) is 0.665. The number of rotatable bonds is 3. The number of aromatic nitrogens is 1. The molecule has 5 nitrogen and oxygen atoms in total. The molecule has 1 unspecified atom stereocenters. The van der Waals surface area contributed by atoms with E-state index < -0.39 is 0 Å². The average Bonchev–Trinajstić information content (AvgIpc) is 2.59. The third-order valence-electron chi connectivity index (χ3n) is 5.34. The fourth-order valence-corrected chi connectivity index (χ4v) is 3.99. The molecule has 1 aromatic carbocycles. The molecule has 3 heterocycles. The Labute approximate surface area is 148 Å². The molecule has 0 radical (unpaired) electrons. The molecule has 1 amide bonds. The highest BCUT2D eigenvalue weighted by atomic mass is 16.5. The van der Waals surface area contributed by atoms with Crippen molar-refractivity contribution in [2.24, 2.45) is 5.92 Å². The summed E-state index contributed by atoms with van der Waals surface area (Å²) < 4.78 is 6.17. The molecule has 2 aliphatic rings. The van der Waals surface area contributed by atoms with Gasteiger partial charge in [0.05, 0.1) is 30.8 Å². The van der Waals surface area contributed by atoms with E-state index in [1.165, 1.54) is 6.42 Å². The van der Waals surface area contributed by atoms with E-state index in [0.717, 1.165) is 30.5 Å². The number of carbonyl (C=O) groups is 1. The van der Waals surface area contributed by atoms with E-state index in [0.29, 0.717) is 24.6 Å². The summed E-state index contributed by atoms with van der Waals surface area (Å²) in [4.78, 5) is 21.2. The molecule has 0 aliphatic carbocycles. The molecular weight excluding hydrogens is 314 g/mol. The van der Waals surface area contributed by atoms with Crippen molar-refractivity contribution in [3.05, 3.63) is 42.1 Å². The van der Waals surface area contributed by atoms with Crippen LogP contribution in [0.4, 0.5) is 0 Å². The van der Waals surface area contributed by atoms with Gasteiger partial charge in [0.15, 0.2) is 0 Å². The number of fused-ring (bicyclic) bond motifs is 1. The molecule has 2 aliphatic heterocycles. The Morgan fingerprint density at radius 1 is 1.36 bits per heavy atom. The van der Waals surface area contributed by atoms with Gasteiger partial charge in [-0.05, 0) is 45.0 Å². The maximum absolute atomic E-state index is 12.7. The fraction of sp³-hybridized carbons (Fsp3) is 0.500. The van der Waals surface area contributed by atoms with E-state index in [2.05, 4.69) is 24.0 Å². The SMILES string of the molecule is CN(C)CC1CCC2(CN(C(=O)c3cnc4ccccc4c3)C2)OC1. The number of ether oxygens (including phenoxy) is 1. The van der Waals surface area contributed by atoms with Crippen molar-refractivity contribution in [1.29, 1.82) is 0 Å². The second-order valence-electron chi connectivity index (χ2n) is 7.74. The van der Waals surface area contributed by atoms with Gasteiger partial charge in [-0.3, -0.25) is 9.78 Å². The van der Waals surface area contributed by atoms with E-state index in [1.807, 2.05) is 35.2 Å². The Hall–Kier alpha value is -1.98. The lowest BCUT2D eigenvalue weighted by Crippen LogP contribution is -2.66. The Kier molecular flexibility index (Phi) is 4.21. The topological polar surface area (TPSA) is 45.7 Å². The largest absolute Gasteiger partial charge is 0.371 e. The standard InChI is InChI=1S/C20H25N3O2/c1-22(2)11-15-7-8-20(25-12-15)13-23(14-20)19(24)17-9-16-5-3-4-6-18(16)21-10-17/h3-6,9-10,15H,7-8,11-14H2,1-2H3. The van der Waals surface area contributed by atoms with Crippen LogP contribution in [0.3, 0.4) is 0 Å². The van der Waals surface area contributed by atoms with Crippen molar-refractivity contribution in [3.8, 4) is 0 Å². The smallest absolute Gasteiger partial charge is 0.255 e. The predicted octanol–water partition coefficient (Wildman–Crippen LogP) is 2.42. The Balaban J connectivity index is 1.37. The first-order valence-electron chi connectivity index (χ1n) is 8.97. The maximum atomic E-state index is 12.7. The lowest BCUT2D eigenvalue weighted by molar-refractivity contribution is -0.168. The first-order chi connectivity index (χ1) is 12.0. The van der Waals surface area contributed by atoms with Gasteiger partial charge in [-0.1, -0.05) is 18.2 Å². The number of nitrogens with zero attached hydrogens (tertiary/aromatic N) is 3. The number of hydrogen-bond donors (Lipinski definition) is 0. The number of benzene rings is 1. The zero-order chi connectivity index (χ0) is 17.4. The molecule has 2 aromatic rings. The molecule has 1 aromatic heterocycles. The van der Waals surface area contributed by atoms with Gasteiger partial charge in [0.25, 0.3) is 5.91 Å². The fourth-order valence-electron chi connectivity index (χ4n) is 3.99. The van der Waals surface area contributed by atoms with Crippen LogP contribution in [0, 0.1) is 5.92 Å². The van der Waals surface area contributed by atoms with Crippen molar-refractivity contribution in [1.82, 2.24) is 14.8 Å². The van der Waals surface area contributed by atoms with E-state index in [4.69, 9.17) is 4.74 Å². The van der Waals surface area contributed by atoms with Gasteiger partial charge in [-0.25, -0.2) is 0 Å². The number of carbonyl (C=O) groups excluding carboxylic acids is 1. The van der Waals surface area contributed by atoms with E-state index in [-0.39, 0.29) is 11.5 Å². The van der Waals surface area contributed by atoms with E-state index >= 15 is 0 Å². The van der Waals surface area contributed by atoms with Crippen LogP contribution in [0.25, 0.3) is 10.9 Å². The predicted molar refractivity (Wildman–Crippen MR) is 97.6 cm³/mol. The summed E-state index contributed by atoms with van der Waals surface area (Å²) in [6.07, 6.45) is 3.91. The number of likely N-dealkylation sites (tertiary alicyclic amines) is 1. The highest BCUT2D eigenvalue weighted by Crippen LogP contribution is 2.36. The number of pyridine rings is 1. The van der Waals surface area contributed by atoms with Gasteiger partial charge in [0.1, 0.15) is 5.60 Å². The van der Waals surface area contributed by atoms with Gasteiger partial charge in [-0.2, -0.15) is 0 Å². The molecule has 2 fully saturated rings. The molecule has 4 rings (SSSR count). The van der Waals surface area contributed by atoms with Crippen LogP contribution in [0.1, 0.15) is 23.2 Å². The number of hydrogen-bond acceptors (Lipinski definition) is 4. The van der Waals surface area contributed by atoms with Crippen molar-refractivity contribution in [3.63, 3.8) is 0 Å². The zero-order valence-electron chi connectivity index (χ0n) is 14.9. The second kappa shape index (κ2) is 6.39. The highest BCUT2D eigenvalue weighted by Gasteiger charge is 2.48. The van der Waals surface area contributed by atoms with Gasteiger partial charge in [-0.15, -0.1) is 0 Å². The maximum Gasteiger partial charge on any atom is 0.255 e. The lowest BCUT2D eigenvalue weighted by Gasteiger charge is -2.52. The molecule has 2 saturated heterocycles. The van der Waals surface area contributed by atoms with Gasteiger partial charge < -0.3 is 14.5 Å². The Morgan fingerprint density at radius 2 is 2.16 bits per heavy atom. The van der Waals surface area contributed by atoms with Crippen LogP contribution < -0.4 is 0 Å². The zero-order valence-corrected chi connectivity index (χ0v) is 14.9. The molecule has 1 atom stereocenters. The van der Waals surface area contributed by atoms with Crippen molar-refractivity contribution in [2.45, 2.75) is 18.4 Å². The molecule has 25 heavy (non-hydrogen) atoms. The molecule has 5 heteroatoms. The normalized spacial score (nSPS) is 22.4. The summed E-state index contributed by atoms with van der Waals surface area (Å²) >= 11 is 0. The van der Waals surface area contributed by atoms with Crippen molar-refractivity contribution >= 4 is 16.8 Å². The van der Waals surface area contributed by atoms with E-state index in [1.54, 1.807) is 6.20 Å². The summed E-state index contributed by atoms with van der Waals surface area (Å²) in [6, 6.07) is 9.81. The lowest BCUT2D eigenvalue weighted by atomic mass is 9.82. The summed E-state index contributed by atoms with van der Waals surface area (Å²) in [7, 11) is 4.21. The molecule has 132 valence electrons. The number of para-hydroxylation sites is 1. The molecule has 0 N–H and O–H groups in total. The second-order valence-corrected chi connectivity index (χ2v) is 7.74. The van der Waals surface area contributed by atoms with Crippen molar-refractivity contribution < 1.29 is 9.53 Å². The molecular formula is C20H25N3O2. The Morgan fingerprint density at radius 3 is 2.88 bits per heavy atom. The third-order valence-corrected chi connectivity index (χ3v) is 5.34. The first-order valence-corrected chi connectivity index (χ1v) is 8.97. The Bertz CT molecular complexity index is 773. The van der Waals surface area contributed by atoms with Crippen LogP contribution in [-0.2, 0) is 4.74 Å². The monoisotopic (exact) mass is 339 g/mol. The van der Waals surface area contributed by atoms with Gasteiger partial charge in [0, 0.05) is 18.1 Å². The minimum Gasteiger partial charge on any atom is -0.371 e. The van der Waals surface area contributed by atoms with Crippen LogP contribution in [0.2, 0.25) is 0 Å². The van der Waals surface area contributed by atoms with E-state index in [9.17, 15) is 4.79 Å². The summed E-state index contributed by atoms with van der Waals surface area (Å²) in [5.41, 5.74) is 1.47. The molecule has 0 bridgehead atoms. The molecule has 1 spiro atoms. The third kappa shape index (κ3) is 3.26. The number of amides is 1. The minimum atomic E-state index is -0.108. The van der Waals surface area contributed by atoms with Crippen LogP contribution in [0.5, 0.6) is 0 Å². The first kappa shape index (κ1) is 16.5. The summed E-state index contributed by atoms with van der Waals surface area (Å²) in [5, 5.41) is 1.00. The van der Waals surface area contributed by atoms with Crippen LogP contribution in [0.15, 0.2) is 36.5 Å². The van der Waals surface area contributed by atoms with Crippen molar-refractivity contribution in [2.75, 3.05) is 40.3 Å². The van der Waals surface area contributed by atoms with Crippen LogP contribution in [-0.4, -0.2) is 66.6 Å². The average molecular weight is 339 g/mol. The highest BCUT2D eigenvalue weighted by molar-refractivity contribution is 5.97. The van der Waals surface area contributed by atoms with Gasteiger partial charge >= 0.3 is 0 Å². The summed E-state index contributed by atoms with van der Waals surface area (Å²) in [6.45, 7) is 3.28. The molecule has 0 saturated carbocycles. The quantitative estimate of drug-likeness (QED) is 0.861.